The van der Waals surface area contributed by atoms with Gasteiger partial charge in [-0.1, -0.05) is 0 Å². The molecule has 0 unspecified atom stereocenters. The number of ether oxygens (including phenoxy) is 1. The summed E-state index contributed by atoms with van der Waals surface area (Å²) in [5.41, 5.74) is -0.717. The molecule has 0 radical (unpaired) electrons. The molecule has 8 heteroatoms. The van der Waals surface area contributed by atoms with Crippen molar-refractivity contribution in [1.29, 1.82) is 0 Å². The maximum atomic E-state index is 12.3. The molecule has 2 N–H and O–H groups in total. The molecule has 0 aliphatic carbocycles. The molecule has 1 aromatic rings. The van der Waals surface area contributed by atoms with Crippen LogP contribution in [-0.2, 0) is 11.0 Å². The van der Waals surface area contributed by atoms with Crippen LogP contribution < -0.4 is 15.4 Å². The Labute approximate surface area is 127 Å². The second-order valence-electron chi connectivity index (χ2n) is 4.07. The van der Waals surface area contributed by atoms with Crippen molar-refractivity contribution in [2.24, 2.45) is 0 Å². The van der Waals surface area contributed by atoms with E-state index in [1.54, 1.807) is 7.05 Å². The van der Waals surface area contributed by atoms with Gasteiger partial charge in [0.15, 0.2) is 0 Å². The molecule has 0 saturated carbocycles. The summed E-state index contributed by atoms with van der Waals surface area (Å²) in [5, 5.41) is 5.49. The quantitative estimate of drug-likeness (QED) is 0.756. The van der Waals surface area contributed by atoms with Crippen LogP contribution in [0.4, 0.5) is 13.2 Å². The molecular weight excluding hydrogens is 309 g/mol. The molecule has 4 nitrogen and oxygen atoms in total. The number of alkyl halides is 3. The maximum Gasteiger partial charge on any atom is 0.416 e. The topological polar surface area (TPSA) is 50.4 Å². The van der Waals surface area contributed by atoms with Gasteiger partial charge in [-0.15, -0.1) is 12.4 Å². The van der Waals surface area contributed by atoms with E-state index in [2.05, 4.69) is 10.6 Å². The van der Waals surface area contributed by atoms with Crippen molar-refractivity contribution >= 4 is 18.3 Å². The van der Waals surface area contributed by atoms with E-state index in [4.69, 9.17) is 4.74 Å². The Bertz CT molecular complexity index is 424. The fraction of sp³-hybridized carbons (Fsp3) is 0.462. The zero-order chi connectivity index (χ0) is 15.0. The lowest BCUT2D eigenvalue weighted by atomic mass is 10.2. The van der Waals surface area contributed by atoms with E-state index in [1.165, 1.54) is 12.1 Å². The first-order valence-electron chi connectivity index (χ1n) is 6.15. The summed E-state index contributed by atoms with van der Waals surface area (Å²) in [7, 11) is 1.75. The summed E-state index contributed by atoms with van der Waals surface area (Å²) in [6.45, 7) is 1.10. The molecular formula is C13H18ClF3N2O2. The van der Waals surface area contributed by atoms with Crippen LogP contribution in [0.25, 0.3) is 0 Å². The predicted molar refractivity (Wildman–Crippen MR) is 75.7 cm³/mol. The monoisotopic (exact) mass is 326 g/mol. The fourth-order valence-corrected chi connectivity index (χ4v) is 1.43. The van der Waals surface area contributed by atoms with Crippen LogP contribution in [0, 0.1) is 0 Å². The standard InChI is InChI=1S/C13H17F3N2O2.ClH/c1-17-7-6-12(19)18-8-9-20-11-4-2-10(3-5-11)13(14,15)16;/h2-5,17H,6-9H2,1H3,(H,18,19);1H. The predicted octanol–water partition coefficient (Wildman–Crippen LogP) is 2.23. The van der Waals surface area contributed by atoms with E-state index in [1.807, 2.05) is 0 Å². The molecule has 0 atom stereocenters. The lowest BCUT2D eigenvalue weighted by Gasteiger charge is -2.10. The molecule has 0 aromatic heterocycles. The molecule has 0 saturated heterocycles. The Morgan fingerprint density at radius 1 is 1.19 bits per heavy atom. The summed E-state index contributed by atoms with van der Waals surface area (Å²) >= 11 is 0. The van der Waals surface area contributed by atoms with Crippen LogP contribution in [0.5, 0.6) is 5.75 Å². The highest BCUT2D eigenvalue weighted by Gasteiger charge is 2.29. The number of hydrogen-bond donors (Lipinski definition) is 2. The largest absolute Gasteiger partial charge is 0.492 e. The Hall–Kier alpha value is -1.47. The van der Waals surface area contributed by atoms with Crippen molar-refractivity contribution in [3.05, 3.63) is 29.8 Å². The highest BCUT2D eigenvalue weighted by molar-refractivity contribution is 5.85. The summed E-state index contributed by atoms with van der Waals surface area (Å²) in [6.07, 6.45) is -3.98. The molecule has 1 amide bonds. The van der Waals surface area contributed by atoms with Crippen LogP contribution >= 0.6 is 12.4 Å². The second-order valence-corrected chi connectivity index (χ2v) is 4.07. The number of carbonyl (C=O) groups excluding carboxylic acids is 1. The average molecular weight is 327 g/mol. The molecule has 120 valence electrons. The minimum Gasteiger partial charge on any atom is -0.492 e. The average Bonchev–Trinajstić information content (AvgIpc) is 2.41. The highest BCUT2D eigenvalue weighted by atomic mass is 35.5. The summed E-state index contributed by atoms with van der Waals surface area (Å²) in [5.74, 6) is 0.234. The van der Waals surface area contributed by atoms with E-state index in [0.29, 0.717) is 25.3 Å². The van der Waals surface area contributed by atoms with Crippen molar-refractivity contribution in [1.82, 2.24) is 10.6 Å². The summed E-state index contributed by atoms with van der Waals surface area (Å²) < 4.78 is 42.2. The first-order chi connectivity index (χ1) is 9.43. The normalized spacial score (nSPS) is 10.7. The number of halogens is 4. The zero-order valence-electron chi connectivity index (χ0n) is 11.5. The number of hydrogen-bond acceptors (Lipinski definition) is 3. The lowest BCUT2D eigenvalue weighted by molar-refractivity contribution is -0.137. The van der Waals surface area contributed by atoms with Gasteiger partial charge in [0.05, 0.1) is 12.1 Å². The van der Waals surface area contributed by atoms with E-state index in [-0.39, 0.29) is 24.9 Å². The van der Waals surface area contributed by atoms with Crippen LogP contribution in [0.2, 0.25) is 0 Å². The van der Waals surface area contributed by atoms with Gasteiger partial charge in [-0.2, -0.15) is 13.2 Å². The molecule has 0 bridgehead atoms. The first kappa shape index (κ1) is 19.5. The van der Waals surface area contributed by atoms with Gasteiger partial charge >= 0.3 is 6.18 Å². The molecule has 0 aliphatic heterocycles. The molecule has 21 heavy (non-hydrogen) atoms. The summed E-state index contributed by atoms with van der Waals surface area (Å²) in [4.78, 5) is 11.2. The zero-order valence-corrected chi connectivity index (χ0v) is 12.3. The number of nitrogens with one attached hydrogen (secondary N) is 2. The molecule has 0 spiro atoms. The Balaban J connectivity index is 0.00000400. The molecule has 0 fully saturated rings. The van der Waals surface area contributed by atoms with Crippen LogP contribution in [0.1, 0.15) is 12.0 Å². The second kappa shape index (κ2) is 9.46. The minimum absolute atomic E-state index is 0. The molecule has 1 aromatic carbocycles. The van der Waals surface area contributed by atoms with Crippen LogP contribution in [0.3, 0.4) is 0 Å². The van der Waals surface area contributed by atoms with Crippen molar-refractivity contribution < 1.29 is 22.7 Å². The van der Waals surface area contributed by atoms with E-state index >= 15 is 0 Å². The van der Waals surface area contributed by atoms with E-state index in [0.717, 1.165) is 12.1 Å². The van der Waals surface area contributed by atoms with Gasteiger partial charge in [-0.05, 0) is 31.3 Å². The maximum absolute atomic E-state index is 12.3. The molecule has 0 heterocycles. The van der Waals surface area contributed by atoms with Gasteiger partial charge in [0.1, 0.15) is 12.4 Å². The van der Waals surface area contributed by atoms with Gasteiger partial charge in [0.2, 0.25) is 5.91 Å². The summed E-state index contributed by atoms with van der Waals surface area (Å²) in [6, 6.07) is 4.43. The van der Waals surface area contributed by atoms with Crippen molar-refractivity contribution in [2.75, 3.05) is 26.7 Å². The van der Waals surface area contributed by atoms with Gasteiger partial charge in [-0.3, -0.25) is 4.79 Å². The third-order valence-electron chi connectivity index (χ3n) is 2.48. The third kappa shape index (κ3) is 7.77. The van der Waals surface area contributed by atoms with Gasteiger partial charge in [0, 0.05) is 13.0 Å². The fourth-order valence-electron chi connectivity index (χ4n) is 1.43. The van der Waals surface area contributed by atoms with Crippen molar-refractivity contribution in [3.63, 3.8) is 0 Å². The Morgan fingerprint density at radius 2 is 1.81 bits per heavy atom. The van der Waals surface area contributed by atoms with E-state index in [9.17, 15) is 18.0 Å². The molecule has 1 rings (SSSR count). The number of amides is 1. The van der Waals surface area contributed by atoms with Gasteiger partial charge in [0.25, 0.3) is 0 Å². The highest BCUT2D eigenvalue weighted by Crippen LogP contribution is 2.30. The van der Waals surface area contributed by atoms with Gasteiger partial charge in [-0.25, -0.2) is 0 Å². The van der Waals surface area contributed by atoms with Crippen LogP contribution in [0.15, 0.2) is 24.3 Å². The Morgan fingerprint density at radius 3 is 2.33 bits per heavy atom. The first-order valence-corrected chi connectivity index (χ1v) is 6.15. The number of carbonyl (C=O) groups is 1. The van der Waals surface area contributed by atoms with Crippen molar-refractivity contribution in [3.8, 4) is 5.75 Å². The third-order valence-corrected chi connectivity index (χ3v) is 2.48. The SMILES string of the molecule is CNCCC(=O)NCCOc1ccc(C(F)(F)F)cc1.Cl. The number of benzene rings is 1. The van der Waals surface area contributed by atoms with Crippen LogP contribution in [-0.4, -0.2) is 32.7 Å². The smallest absolute Gasteiger partial charge is 0.416 e. The Kier molecular flexibility index (Phi) is 8.80. The van der Waals surface area contributed by atoms with E-state index < -0.39 is 11.7 Å². The minimum atomic E-state index is -4.35. The number of rotatable bonds is 7. The van der Waals surface area contributed by atoms with Gasteiger partial charge < -0.3 is 15.4 Å². The van der Waals surface area contributed by atoms with Crippen molar-refractivity contribution in [2.45, 2.75) is 12.6 Å². The molecule has 0 aliphatic rings. The lowest BCUT2D eigenvalue weighted by Crippen LogP contribution is -2.30.